The Bertz CT molecular complexity index is 1060. The molecule has 3 aromatic rings. The first-order valence-corrected chi connectivity index (χ1v) is 9.78. The second kappa shape index (κ2) is 7.67. The number of nitrogens with zero attached hydrogens (tertiary/aromatic N) is 4. The molecule has 0 bridgehead atoms. The second-order valence-electron chi connectivity index (χ2n) is 6.55. The number of carbonyl (C=O) groups excluding carboxylic acids is 1. The fourth-order valence-electron chi connectivity index (χ4n) is 3.47. The van der Waals surface area contributed by atoms with Crippen LogP contribution in [-0.2, 0) is 9.53 Å². The summed E-state index contributed by atoms with van der Waals surface area (Å²) in [6.07, 6.45) is 4.42. The molecule has 0 aliphatic carbocycles. The maximum atomic E-state index is 11.8. The van der Waals surface area contributed by atoms with Crippen LogP contribution in [0.3, 0.4) is 0 Å². The average molecular weight is 439 g/mol. The van der Waals surface area contributed by atoms with Crippen LogP contribution in [0.15, 0.2) is 58.3 Å². The summed E-state index contributed by atoms with van der Waals surface area (Å²) in [4.78, 5) is 25.8. The van der Waals surface area contributed by atoms with Crippen LogP contribution >= 0.6 is 15.9 Å². The van der Waals surface area contributed by atoms with Crippen LogP contribution in [0.25, 0.3) is 5.69 Å². The number of benzene rings is 1. The molecular formula is C21H19BrN4O2. The molecule has 2 aromatic heterocycles. The van der Waals surface area contributed by atoms with Gasteiger partial charge in [0.1, 0.15) is 5.82 Å². The van der Waals surface area contributed by atoms with Crippen molar-refractivity contribution >= 4 is 27.6 Å². The molecule has 0 saturated carbocycles. The van der Waals surface area contributed by atoms with Crippen LogP contribution in [-0.4, -0.2) is 33.3 Å². The van der Waals surface area contributed by atoms with Crippen molar-refractivity contribution in [2.24, 2.45) is 4.99 Å². The number of imidazole rings is 1. The van der Waals surface area contributed by atoms with Crippen molar-refractivity contribution < 1.29 is 9.53 Å². The molecule has 3 heterocycles. The van der Waals surface area contributed by atoms with Gasteiger partial charge in [0.2, 0.25) is 0 Å². The number of aryl methyl sites for hydroxylation is 1. The van der Waals surface area contributed by atoms with Crippen molar-refractivity contribution in [3.8, 4) is 5.69 Å². The van der Waals surface area contributed by atoms with E-state index in [-0.39, 0.29) is 18.4 Å². The summed E-state index contributed by atoms with van der Waals surface area (Å²) in [6.45, 7) is 1.97. The summed E-state index contributed by atoms with van der Waals surface area (Å²) in [6, 6.07) is 11.7. The number of ether oxygens (including phenoxy) is 1. The highest BCUT2D eigenvalue weighted by Gasteiger charge is 2.27. The van der Waals surface area contributed by atoms with Gasteiger partial charge in [-0.05, 0) is 43.7 Å². The molecule has 1 aliphatic rings. The van der Waals surface area contributed by atoms with Gasteiger partial charge in [0, 0.05) is 22.7 Å². The first kappa shape index (κ1) is 18.6. The first-order valence-electron chi connectivity index (χ1n) is 8.99. The van der Waals surface area contributed by atoms with Crippen molar-refractivity contribution in [3.05, 3.63) is 76.0 Å². The van der Waals surface area contributed by atoms with Crippen molar-refractivity contribution in [1.29, 1.82) is 0 Å². The number of fused-ring (bicyclic) bond motifs is 3. The molecule has 1 atom stereocenters. The second-order valence-corrected chi connectivity index (χ2v) is 7.47. The summed E-state index contributed by atoms with van der Waals surface area (Å²) in [5.74, 6) is 0.626. The third-order valence-corrected chi connectivity index (χ3v) is 5.30. The number of aromatic nitrogens is 3. The molecule has 1 aromatic carbocycles. The lowest BCUT2D eigenvalue weighted by Crippen LogP contribution is -2.09. The zero-order chi connectivity index (χ0) is 19.7. The van der Waals surface area contributed by atoms with E-state index in [1.807, 2.05) is 37.4 Å². The largest absolute Gasteiger partial charge is 0.469 e. The molecular weight excluding hydrogens is 420 g/mol. The number of rotatable bonds is 4. The number of hydrogen-bond acceptors (Lipinski definition) is 5. The minimum atomic E-state index is -0.248. The Morgan fingerprint density at radius 2 is 2.11 bits per heavy atom. The van der Waals surface area contributed by atoms with Gasteiger partial charge in [-0.1, -0.05) is 22.0 Å². The van der Waals surface area contributed by atoms with Crippen LogP contribution < -0.4 is 0 Å². The van der Waals surface area contributed by atoms with E-state index in [0.717, 1.165) is 38.6 Å². The highest BCUT2D eigenvalue weighted by Crippen LogP contribution is 2.35. The molecule has 1 aliphatic heterocycles. The Morgan fingerprint density at radius 3 is 2.86 bits per heavy atom. The van der Waals surface area contributed by atoms with Gasteiger partial charge in [-0.3, -0.25) is 19.3 Å². The van der Waals surface area contributed by atoms with Gasteiger partial charge in [-0.15, -0.1) is 0 Å². The predicted octanol–water partition coefficient (Wildman–Crippen LogP) is 4.18. The maximum Gasteiger partial charge on any atom is 0.305 e. The number of halogens is 1. The van der Waals surface area contributed by atoms with Crippen LogP contribution in [0.4, 0.5) is 0 Å². The standard InChI is InChI=1S/C21H19BrN4O2/c1-13-24-12-19-16(7-9-20(27)28-2)25-21(17-5-3-4-10-23-17)15-11-14(22)6-8-18(15)26(13)19/h3-6,8,10-12,16H,7,9H2,1-2H3. The van der Waals surface area contributed by atoms with Gasteiger partial charge in [0.25, 0.3) is 0 Å². The normalized spacial score (nSPS) is 15.2. The topological polar surface area (TPSA) is 69.4 Å². The summed E-state index contributed by atoms with van der Waals surface area (Å²) >= 11 is 3.58. The third-order valence-electron chi connectivity index (χ3n) is 4.80. The number of esters is 1. The molecule has 0 saturated heterocycles. The van der Waals surface area contributed by atoms with Crippen molar-refractivity contribution in [2.75, 3.05) is 7.11 Å². The van der Waals surface area contributed by atoms with E-state index in [2.05, 4.69) is 42.6 Å². The number of aliphatic imine (C=N–C) groups is 1. The molecule has 7 heteroatoms. The molecule has 4 rings (SSSR count). The fourth-order valence-corrected chi connectivity index (χ4v) is 3.83. The van der Waals surface area contributed by atoms with E-state index in [1.54, 1.807) is 6.20 Å². The van der Waals surface area contributed by atoms with E-state index in [4.69, 9.17) is 9.73 Å². The Kier molecular flexibility index (Phi) is 5.09. The van der Waals surface area contributed by atoms with E-state index < -0.39 is 0 Å². The third kappa shape index (κ3) is 3.38. The van der Waals surface area contributed by atoms with Gasteiger partial charge >= 0.3 is 5.97 Å². The van der Waals surface area contributed by atoms with Gasteiger partial charge < -0.3 is 4.74 Å². The van der Waals surface area contributed by atoms with E-state index in [0.29, 0.717) is 6.42 Å². The number of hydrogen-bond donors (Lipinski definition) is 0. The Morgan fingerprint density at radius 1 is 1.25 bits per heavy atom. The SMILES string of the molecule is COC(=O)CCC1N=C(c2ccccn2)c2cc(Br)ccc2-n2c1cnc2C. The number of carbonyl (C=O) groups is 1. The first-order chi connectivity index (χ1) is 13.6. The molecule has 6 nitrogen and oxygen atoms in total. The molecule has 0 spiro atoms. The Balaban J connectivity index is 1.93. The van der Waals surface area contributed by atoms with Crippen molar-refractivity contribution in [3.63, 3.8) is 0 Å². The maximum absolute atomic E-state index is 11.8. The monoisotopic (exact) mass is 438 g/mol. The van der Waals surface area contributed by atoms with E-state index in [9.17, 15) is 4.79 Å². The van der Waals surface area contributed by atoms with Crippen molar-refractivity contribution in [2.45, 2.75) is 25.8 Å². The molecule has 28 heavy (non-hydrogen) atoms. The summed E-state index contributed by atoms with van der Waals surface area (Å²) in [7, 11) is 1.40. The van der Waals surface area contributed by atoms with Crippen LogP contribution in [0.5, 0.6) is 0 Å². The molecule has 1 unspecified atom stereocenters. The summed E-state index contributed by atoms with van der Waals surface area (Å²) < 4.78 is 7.90. The average Bonchev–Trinajstić information content (AvgIpc) is 3.03. The minimum absolute atomic E-state index is 0.233. The van der Waals surface area contributed by atoms with Crippen LogP contribution in [0.1, 0.15) is 41.7 Å². The minimum Gasteiger partial charge on any atom is -0.469 e. The smallest absolute Gasteiger partial charge is 0.305 e. The highest BCUT2D eigenvalue weighted by atomic mass is 79.9. The van der Waals surface area contributed by atoms with Crippen LogP contribution in [0.2, 0.25) is 0 Å². The highest BCUT2D eigenvalue weighted by molar-refractivity contribution is 9.10. The predicted molar refractivity (Wildman–Crippen MR) is 110 cm³/mol. The Labute approximate surface area is 171 Å². The van der Waals surface area contributed by atoms with Crippen molar-refractivity contribution in [1.82, 2.24) is 14.5 Å². The van der Waals surface area contributed by atoms with Gasteiger partial charge in [0.05, 0.1) is 42.1 Å². The lowest BCUT2D eigenvalue weighted by molar-refractivity contribution is -0.140. The zero-order valence-corrected chi connectivity index (χ0v) is 17.2. The molecule has 0 N–H and O–H groups in total. The van der Waals surface area contributed by atoms with Crippen LogP contribution in [0, 0.1) is 6.92 Å². The van der Waals surface area contributed by atoms with Gasteiger partial charge in [-0.2, -0.15) is 0 Å². The quantitative estimate of drug-likeness (QED) is 0.572. The molecule has 142 valence electrons. The lowest BCUT2D eigenvalue weighted by atomic mass is 10.0. The van der Waals surface area contributed by atoms with Gasteiger partial charge in [-0.25, -0.2) is 4.98 Å². The molecule has 0 radical (unpaired) electrons. The summed E-state index contributed by atoms with van der Waals surface area (Å²) in [5, 5.41) is 0. The zero-order valence-electron chi connectivity index (χ0n) is 15.6. The fraction of sp³-hybridized carbons (Fsp3) is 0.238. The Hall–Kier alpha value is -2.80. The molecule has 0 fully saturated rings. The number of methoxy groups -OCH3 is 1. The van der Waals surface area contributed by atoms with E-state index in [1.165, 1.54) is 7.11 Å². The van der Waals surface area contributed by atoms with Gasteiger partial charge in [0.15, 0.2) is 0 Å². The molecule has 0 amide bonds. The van der Waals surface area contributed by atoms with E-state index >= 15 is 0 Å². The lowest BCUT2D eigenvalue weighted by Gasteiger charge is -2.14. The number of pyridine rings is 1. The summed E-state index contributed by atoms with van der Waals surface area (Å²) in [5.41, 5.74) is 4.52.